The lowest BCUT2D eigenvalue weighted by molar-refractivity contribution is 0.0566. The Morgan fingerprint density at radius 3 is 2.62 bits per heavy atom. The average Bonchev–Trinajstić information content (AvgIpc) is 3.42. The summed E-state index contributed by atoms with van der Waals surface area (Å²) < 4.78 is 56.9. The Bertz CT molecular complexity index is 1300. The van der Waals surface area contributed by atoms with Crippen molar-refractivity contribution in [1.29, 1.82) is 0 Å². The molecule has 0 radical (unpaired) electrons. The first-order valence-electron chi connectivity index (χ1n) is 10.5. The molecule has 4 aromatic rings. The van der Waals surface area contributed by atoms with E-state index < -0.39 is 23.5 Å². The Morgan fingerprint density at radius 2 is 1.91 bits per heavy atom. The minimum absolute atomic E-state index is 0.317. The molecule has 0 saturated heterocycles. The van der Waals surface area contributed by atoms with Gasteiger partial charge >= 0.3 is 0 Å². The fourth-order valence-corrected chi connectivity index (χ4v) is 4.25. The van der Waals surface area contributed by atoms with E-state index in [2.05, 4.69) is 15.2 Å². The van der Waals surface area contributed by atoms with Gasteiger partial charge in [0.1, 0.15) is 23.8 Å². The number of aromatic nitrogens is 4. The van der Waals surface area contributed by atoms with Gasteiger partial charge < -0.3 is 4.90 Å². The number of aryl methyl sites for hydroxylation is 1. The Hall–Kier alpha value is -3.23. The Labute approximate surface area is 181 Å². The van der Waals surface area contributed by atoms with Crippen molar-refractivity contribution >= 4 is 28.2 Å². The number of fused-ring (bicyclic) bond motifs is 3. The molecule has 2 aromatic carbocycles. The van der Waals surface area contributed by atoms with Gasteiger partial charge in [0.2, 0.25) is 6.43 Å². The van der Waals surface area contributed by atoms with Crippen LogP contribution in [-0.2, 0) is 6.42 Å². The van der Waals surface area contributed by atoms with Crippen LogP contribution < -0.4 is 4.90 Å². The van der Waals surface area contributed by atoms with Gasteiger partial charge in [-0.15, -0.1) is 10.2 Å². The zero-order valence-electron chi connectivity index (χ0n) is 17.4. The van der Waals surface area contributed by atoms with Gasteiger partial charge in [-0.05, 0) is 74.6 Å². The summed E-state index contributed by atoms with van der Waals surface area (Å²) >= 11 is 0. The summed E-state index contributed by atoms with van der Waals surface area (Å²) in [6, 6.07) is 8.88. The highest BCUT2D eigenvalue weighted by molar-refractivity contribution is 5.93. The summed E-state index contributed by atoms with van der Waals surface area (Å²) in [5.41, 5.74) is 0.903. The van der Waals surface area contributed by atoms with E-state index in [-0.39, 0.29) is 0 Å². The van der Waals surface area contributed by atoms with Crippen molar-refractivity contribution in [2.45, 2.75) is 39.0 Å². The summed E-state index contributed by atoms with van der Waals surface area (Å²) in [5.74, 6) is -0.130. The maximum atomic E-state index is 14.5. The van der Waals surface area contributed by atoms with Gasteiger partial charge in [-0.1, -0.05) is 0 Å². The van der Waals surface area contributed by atoms with Crippen molar-refractivity contribution in [3.8, 4) is 0 Å². The van der Waals surface area contributed by atoms with Crippen molar-refractivity contribution in [2.75, 3.05) is 11.4 Å². The number of hydrogen-bond donors (Lipinski definition) is 0. The zero-order chi connectivity index (χ0) is 22.5. The molecule has 166 valence electrons. The number of anilines is 2. The fraction of sp³-hybridized carbons (Fsp3) is 0.348. The highest BCUT2D eigenvalue weighted by Crippen LogP contribution is 2.54. The predicted molar refractivity (Wildman–Crippen MR) is 113 cm³/mol. The molecule has 0 aliphatic heterocycles. The second-order valence-electron chi connectivity index (χ2n) is 8.32. The summed E-state index contributed by atoms with van der Waals surface area (Å²) in [6.07, 6.45) is 0.834. The van der Waals surface area contributed by atoms with Crippen LogP contribution >= 0.6 is 0 Å². The van der Waals surface area contributed by atoms with Crippen molar-refractivity contribution in [2.24, 2.45) is 5.41 Å². The van der Waals surface area contributed by atoms with Gasteiger partial charge in [-0.2, -0.15) is 4.98 Å². The molecule has 0 amide bonds. The molecule has 5 rings (SSSR count). The lowest BCUT2D eigenvalue weighted by Gasteiger charge is -2.25. The number of alkyl halides is 2. The van der Waals surface area contributed by atoms with Gasteiger partial charge in [0.25, 0.3) is 5.78 Å². The second kappa shape index (κ2) is 7.72. The molecule has 5 nitrogen and oxygen atoms in total. The molecule has 0 unspecified atom stereocenters. The largest absolute Gasteiger partial charge is 0.326 e. The molecule has 0 atom stereocenters. The second-order valence-corrected chi connectivity index (χ2v) is 8.32. The van der Waals surface area contributed by atoms with Crippen molar-refractivity contribution in [3.05, 3.63) is 59.9 Å². The van der Waals surface area contributed by atoms with Crippen LogP contribution in [0.1, 0.15) is 31.7 Å². The highest BCUT2D eigenvalue weighted by atomic mass is 19.3. The Kier molecular flexibility index (Phi) is 4.98. The lowest BCUT2D eigenvalue weighted by atomic mass is 9.97. The molecule has 1 aliphatic carbocycles. The molecule has 0 spiro atoms. The zero-order valence-corrected chi connectivity index (χ0v) is 17.4. The van der Waals surface area contributed by atoms with Crippen molar-refractivity contribution in [1.82, 2.24) is 19.6 Å². The van der Waals surface area contributed by atoms with Crippen molar-refractivity contribution in [3.63, 3.8) is 0 Å². The molecule has 2 heterocycles. The maximum Gasteiger partial charge on any atom is 0.257 e. The minimum Gasteiger partial charge on any atom is -0.326 e. The molecule has 2 aromatic heterocycles. The fourth-order valence-electron chi connectivity index (χ4n) is 4.25. The van der Waals surface area contributed by atoms with Crippen LogP contribution in [0, 0.1) is 17.0 Å². The summed E-state index contributed by atoms with van der Waals surface area (Å²) in [7, 11) is 0. The smallest absolute Gasteiger partial charge is 0.257 e. The standard InChI is InChI=1S/C23H21F4N5/c1-2-31(17-10-14(9-16(25)11-17)5-6-23(7-8-23)21(26)27)20-18-12-15(24)3-4-19(18)32-13-28-30-22(32)29-20/h3-4,9-13,21H,2,5-8H2,1H3. The van der Waals surface area contributed by atoms with Crippen molar-refractivity contribution < 1.29 is 17.6 Å². The molecule has 0 N–H and O–H groups in total. The van der Waals surface area contributed by atoms with E-state index in [1.807, 2.05) is 6.92 Å². The molecular weight excluding hydrogens is 422 g/mol. The first kappa shape index (κ1) is 20.7. The predicted octanol–water partition coefficient (Wildman–Crippen LogP) is 5.69. The monoisotopic (exact) mass is 443 g/mol. The van der Waals surface area contributed by atoms with Gasteiger partial charge in [-0.25, -0.2) is 17.6 Å². The van der Waals surface area contributed by atoms with Gasteiger partial charge in [0.05, 0.1) is 5.52 Å². The third-order valence-corrected chi connectivity index (χ3v) is 6.29. The summed E-state index contributed by atoms with van der Waals surface area (Å²) in [4.78, 5) is 6.32. The van der Waals surface area contributed by atoms with Crippen LogP contribution in [0.15, 0.2) is 42.7 Å². The molecule has 32 heavy (non-hydrogen) atoms. The summed E-state index contributed by atoms with van der Waals surface area (Å²) in [5, 5.41) is 8.43. The first-order chi connectivity index (χ1) is 15.4. The number of halogens is 4. The van der Waals surface area contributed by atoms with Crippen LogP contribution in [0.3, 0.4) is 0 Å². The Morgan fingerprint density at radius 1 is 1.09 bits per heavy atom. The van der Waals surface area contributed by atoms with E-state index in [1.54, 1.807) is 21.4 Å². The number of hydrogen-bond acceptors (Lipinski definition) is 4. The third-order valence-electron chi connectivity index (χ3n) is 6.29. The van der Waals surface area contributed by atoms with E-state index in [4.69, 9.17) is 0 Å². The lowest BCUT2D eigenvalue weighted by Crippen LogP contribution is -2.19. The minimum atomic E-state index is -2.36. The van der Waals surface area contributed by atoms with Gasteiger partial charge in [-0.3, -0.25) is 4.40 Å². The molecule has 1 aliphatic rings. The SMILES string of the molecule is CCN(c1cc(F)cc(CCC2(C(F)F)CC2)c1)c1nc2nncn2c2ccc(F)cc12. The number of rotatable bonds is 7. The van der Waals surface area contributed by atoms with E-state index >= 15 is 0 Å². The molecule has 9 heteroatoms. The van der Waals surface area contributed by atoms with E-state index in [0.29, 0.717) is 66.0 Å². The molecule has 0 bridgehead atoms. The van der Waals surface area contributed by atoms with E-state index in [0.717, 1.165) is 0 Å². The van der Waals surface area contributed by atoms with Gasteiger partial charge in [0.15, 0.2) is 0 Å². The quantitative estimate of drug-likeness (QED) is 0.344. The number of benzene rings is 2. The normalized spacial score (nSPS) is 15.1. The highest BCUT2D eigenvalue weighted by Gasteiger charge is 2.50. The first-order valence-corrected chi connectivity index (χ1v) is 10.5. The van der Waals surface area contributed by atoms with Crippen LogP contribution in [0.5, 0.6) is 0 Å². The van der Waals surface area contributed by atoms with E-state index in [9.17, 15) is 17.6 Å². The average molecular weight is 443 g/mol. The van der Waals surface area contributed by atoms with Crippen LogP contribution in [0.4, 0.5) is 29.1 Å². The van der Waals surface area contributed by atoms with E-state index in [1.165, 1.54) is 30.6 Å². The molecular formula is C23H21F4N5. The number of nitrogens with zero attached hydrogens (tertiary/aromatic N) is 5. The van der Waals surface area contributed by atoms with Crippen LogP contribution in [0.25, 0.3) is 16.7 Å². The Balaban J connectivity index is 1.57. The molecule has 1 fully saturated rings. The topological polar surface area (TPSA) is 46.3 Å². The third kappa shape index (κ3) is 3.55. The summed E-state index contributed by atoms with van der Waals surface area (Å²) in [6.45, 7) is 2.30. The van der Waals surface area contributed by atoms with Gasteiger partial charge in [0, 0.05) is 23.0 Å². The van der Waals surface area contributed by atoms with Crippen LogP contribution in [0.2, 0.25) is 0 Å². The maximum absolute atomic E-state index is 14.5. The van der Waals surface area contributed by atoms with Crippen LogP contribution in [-0.4, -0.2) is 32.6 Å². The molecule has 1 saturated carbocycles.